The molecule has 0 bridgehead atoms. The highest BCUT2D eigenvalue weighted by Gasteiger charge is 2.44. The van der Waals surface area contributed by atoms with E-state index in [0.29, 0.717) is 0 Å². The minimum atomic E-state index is -0.170. The van der Waals surface area contributed by atoms with Gasteiger partial charge in [-0.2, -0.15) is 0 Å². The summed E-state index contributed by atoms with van der Waals surface area (Å²) in [7, 11) is 0. The molecule has 0 aliphatic carbocycles. The molecule has 0 atom stereocenters. The number of anilines is 3. The lowest BCUT2D eigenvalue weighted by molar-refractivity contribution is 0.589. The average Bonchev–Trinajstić information content (AvgIpc) is 0.753. The maximum atomic E-state index is 7.19. The Kier molecular flexibility index (Phi) is 11.6. The summed E-state index contributed by atoms with van der Waals surface area (Å²) in [5, 5.41) is 7.27. The van der Waals surface area contributed by atoms with E-state index in [-0.39, 0.29) is 12.1 Å². The van der Waals surface area contributed by atoms with Crippen molar-refractivity contribution < 1.29 is 4.42 Å². The standard InChI is InChI=1S/C80H60BN3OS/c1-5-6-28-61-78(62(52-26-14-9-15-27-52)49-65-60-31-18-21-34-74(60)85-79(61)65)84-72-47-56(82-68-32-19-16-29-58(68)63-43-53(35-41-70(63)82)50-22-10-7-11-23-50)37-39-66(72)81-67-40-38-57(48-75(67)86-76-46-55(80(2,3)4)45-73(84)77(76)81)83-69-33-20-17-30-59(69)64-44-54(36-42-71(64)83)51-24-12-8-13-25-51/h7-27,29-49H,5-6,28H2,1-4H3. The molecule has 2 aliphatic rings. The minimum absolute atomic E-state index is 0.0630. The van der Waals surface area contributed by atoms with Crippen LogP contribution in [0.5, 0.6) is 0 Å². The van der Waals surface area contributed by atoms with Crippen LogP contribution >= 0.6 is 11.8 Å². The molecule has 12 aromatic carbocycles. The average molecular weight is 1120 g/mol. The predicted molar refractivity (Wildman–Crippen MR) is 366 cm³/mol. The number of rotatable bonds is 9. The van der Waals surface area contributed by atoms with E-state index in [1.165, 1.54) is 131 Å². The highest BCUT2D eigenvalue weighted by atomic mass is 32.2. The van der Waals surface area contributed by atoms with Crippen LogP contribution < -0.4 is 21.3 Å². The molecule has 5 heterocycles. The lowest BCUT2D eigenvalue weighted by Crippen LogP contribution is -2.60. The third-order valence-corrected chi connectivity index (χ3v) is 19.6. The Morgan fingerprint density at radius 2 is 0.977 bits per heavy atom. The number of furan rings is 1. The van der Waals surface area contributed by atoms with Crippen molar-refractivity contribution in [2.75, 3.05) is 4.90 Å². The monoisotopic (exact) mass is 1120 g/mol. The zero-order valence-electron chi connectivity index (χ0n) is 48.6. The van der Waals surface area contributed by atoms with Crippen molar-refractivity contribution in [3.63, 3.8) is 0 Å². The van der Waals surface area contributed by atoms with Gasteiger partial charge in [-0.25, -0.2) is 0 Å². The number of unbranched alkanes of at least 4 members (excludes halogenated alkanes) is 1. The summed E-state index contributed by atoms with van der Waals surface area (Å²) >= 11 is 1.94. The fourth-order valence-corrected chi connectivity index (χ4v) is 15.6. The molecule has 410 valence electrons. The molecule has 0 spiro atoms. The van der Waals surface area contributed by atoms with E-state index in [1.54, 1.807) is 0 Å². The summed E-state index contributed by atoms with van der Waals surface area (Å²) in [5.41, 5.74) is 26.1. The lowest BCUT2D eigenvalue weighted by atomic mass is 9.34. The topological polar surface area (TPSA) is 26.2 Å². The molecule has 17 rings (SSSR count). The van der Waals surface area contributed by atoms with E-state index < -0.39 is 0 Å². The number of aryl methyl sites for hydroxylation is 1. The van der Waals surface area contributed by atoms with Crippen LogP contribution in [0.4, 0.5) is 17.1 Å². The molecule has 86 heavy (non-hydrogen) atoms. The number of fused-ring (bicyclic) bond motifs is 13. The first kappa shape index (κ1) is 50.7. The van der Waals surface area contributed by atoms with Crippen LogP contribution in [0.15, 0.2) is 269 Å². The number of aromatic nitrogens is 2. The fourth-order valence-electron chi connectivity index (χ4n) is 14.4. The second-order valence-electron chi connectivity index (χ2n) is 24.6. The van der Waals surface area contributed by atoms with Gasteiger partial charge in [0.2, 0.25) is 6.71 Å². The van der Waals surface area contributed by atoms with Gasteiger partial charge in [-0.3, -0.25) is 0 Å². The van der Waals surface area contributed by atoms with Crippen molar-refractivity contribution in [3.8, 4) is 44.8 Å². The third kappa shape index (κ3) is 7.85. The quantitative estimate of drug-likeness (QED) is 0.135. The molecular formula is C80H60BN3OS. The Balaban J connectivity index is 0.950. The van der Waals surface area contributed by atoms with Crippen molar-refractivity contribution in [1.29, 1.82) is 0 Å². The largest absolute Gasteiger partial charge is 0.456 e. The molecule has 0 radical (unpaired) electrons. The van der Waals surface area contributed by atoms with Gasteiger partial charge in [0.1, 0.15) is 11.2 Å². The van der Waals surface area contributed by atoms with Gasteiger partial charge in [-0.05, 0) is 147 Å². The summed E-state index contributed by atoms with van der Waals surface area (Å²) in [6.07, 6.45) is 2.91. The Hall–Kier alpha value is -9.75. The Morgan fingerprint density at radius 3 is 1.59 bits per heavy atom. The molecule has 6 heteroatoms. The number of para-hydroxylation sites is 3. The first-order chi connectivity index (χ1) is 42.3. The van der Waals surface area contributed by atoms with Gasteiger partial charge in [0, 0.05) is 76.0 Å². The van der Waals surface area contributed by atoms with E-state index >= 15 is 0 Å². The van der Waals surface area contributed by atoms with Crippen LogP contribution in [-0.4, -0.2) is 15.8 Å². The first-order valence-electron chi connectivity index (χ1n) is 30.4. The second-order valence-corrected chi connectivity index (χ2v) is 25.7. The predicted octanol–water partition coefficient (Wildman–Crippen LogP) is 20.2. The summed E-state index contributed by atoms with van der Waals surface area (Å²) in [6, 6.07) is 95.4. The Labute approximate surface area is 505 Å². The Morgan fingerprint density at radius 1 is 0.430 bits per heavy atom. The van der Waals surface area contributed by atoms with Gasteiger partial charge >= 0.3 is 0 Å². The van der Waals surface area contributed by atoms with Gasteiger partial charge < -0.3 is 18.5 Å². The van der Waals surface area contributed by atoms with E-state index in [2.05, 4.69) is 297 Å². The van der Waals surface area contributed by atoms with E-state index in [9.17, 15) is 0 Å². The maximum absolute atomic E-state index is 7.19. The number of benzene rings is 12. The van der Waals surface area contributed by atoms with Gasteiger partial charge in [0.05, 0.1) is 27.8 Å². The van der Waals surface area contributed by atoms with E-state index in [4.69, 9.17) is 4.42 Å². The molecule has 0 N–H and O–H groups in total. The van der Waals surface area contributed by atoms with Gasteiger partial charge in [-0.15, -0.1) is 0 Å². The molecule has 0 unspecified atom stereocenters. The summed E-state index contributed by atoms with van der Waals surface area (Å²) in [5.74, 6) is 0. The maximum Gasteiger partial charge on any atom is 0.249 e. The van der Waals surface area contributed by atoms with Gasteiger partial charge in [-0.1, -0.05) is 221 Å². The van der Waals surface area contributed by atoms with Crippen LogP contribution in [0, 0.1) is 0 Å². The van der Waals surface area contributed by atoms with Crippen molar-refractivity contribution in [1.82, 2.24) is 9.13 Å². The van der Waals surface area contributed by atoms with Crippen molar-refractivity contribution >= 4 is 117 Å². The molecule has 0 fully saturated rings. The summed E-state index contributed by atoms with van der Waals surface area (Å²) in [4.78, 5) is 5.28. The third-order valence-electron chi connectivity index (χ3n) is 18.5. The molecule has 3 aromatic heterocycles. The van der Waals surface area contributed by atoms with E-state index in [1.807, 2.05) is 11.8 Å². The van der Waals surface area contributed by atoms with Gasteiger partial charge in [0.25, 0.3) is 0 Å². The number of hydrogen-bond donors (Lipinski definition) is 0. The Bertz CT molecular complexity index is 5240. The van der Waals surface area contributed by atoms with Crippen LogP contribution in [-0.2, 0) is 11.8 Å². The summed E-state index contributed by atoms with van der Waals surface area (Å²) < 4.78 is 12.2. The summed E-state index contributed by atoms with van der Waals surface area (Å²) in [6.45, 7) is 9.36. The lowest BCUT2D eigenvalue weighted by Gasteiger charge is -2.43. The zero-order valence-corrected chi connectivity index (χ0v) is 49.4. The number of hydrogen-bond acceptors (Lipinski definition) is 3. The smallest absolute Gasteiger partial charge is 0.249 e. The SMILES string of the molecule is CCCCc1c(N2c3cc(-n4c5ccccc5c5cc(-c6ccccc6)ccc54)ccc3B3c4ccc(-n5c6ccccc6c6cc(-c7ccccc7)ccc65)cc4Sc4cc(C(C)(C)C)cc2c43)c(-c2ccccc2)cc2c1oc1ccccc12. The molecule has 4 nitrogen and oxygen atoms in total. The van der Waals surface area contributed by atoms with Crippen LogP contribution in [0.2, 0.25) is 0 Å². The molecule has 0 saturated heterocycles. The highest BCUT2D eigenvalue weighted by Crippen LogP contribution is 2.52. The van der Waals surface area contributed by atoms with E-state index in [0.717, 1.165) is 52.6 Å². The molecule has 15 aromatic rings. The molecule has 2 aliphatic heterocycles. The van der Waals surface area contributed by atoms with Crippen LogP contribution in [0.1, 0.15) is 51.7 Å². The first-order valence-corrected chi connectivity index (χ1v) is 31.2. The zero-order chi connectivity index (χ0) is 57.4. The van der Waals surface area contributed by atoms with Crippen LogP contribution in [0.25, 0.3) is 110 Å². The number of nitrogens with zero attached hydrogens (tertiary/aromatic N) is 3. The van der Waals surface area contributed by atoms with Crippen molar-refractivity contribution in [2.45, 2.75) is 62.2 Å². The minimum Gasteiger partial charge on any atom is -0.456 e. The molecule has 0 amide bonds. The molecule has 0 saturated carbocycles. The van der Waals surface area contributed by atoms with Crippen molar-refractivity contribution in [3.05, 3.63) is 266 Å². The highest BCUT2D eigenvalue weighted by molar-refractivity contribution is 8.00. The fraction of sp³-hybridized carbons (Fsp3) is 0.100. The second kappa shape index (κ2) is 19.7. The molecular weight excluding hydrogens is 1060 g/mol. The normalized spacial score (nSPS) is 12.9. The van der Waals surface area contributed by atoms with Crippen LogP contribution in [0.3, 0.4) is 0 Å². The van der Waals surface area contributed by atoms with Gasteiger partial charge in [0.15, 0.2) is 0 Å². The van der Waals surface area contributed by atoms with Crippen molar-refractivity contribution in [2.24, 2.45) is 0 Å².